The van der Waals surface area contributed by atoms with Crippen LogP contribution in [0, 0.1) is 11.7 Å². The van der Waals surface area contributed by atoms with E-state index in [0.29, 0.717) is 12.5 Å². The summed E-state index contributed by atoms with van der Waals surface area (Å²) in [5.41, 5.74) is 1.19. The summed E-state index contributed by atoms with van der Waals surface area (Å²) in [5, 5.41) is 0. The smallest absolute Gasteiger partial charge is 0.236 e. The molecule has 2 saturated heterocycles. The topological polar surface area (TPSA) is 26.8 Å². The molecule has 1 amide bonds. The van der Waals surface area contributed by atoms with Gasteiger partial charge in [-0.2, -0.15) is 0 Å². The van der Waals surface area contributed by atoms with E-state index in [2.05, 4.69) is 9.80 Å². The lowest BCUT2D eigenvalue weighted by Gasteiger charge is -2.35. The van der Waals surface area contributed by atoms with E-state index in [1.165, 1.54) is 44.1 Å². The first-order valence-electron chi connectivity index (χ1n) is 11.0. The molecule has 2 heterocycles. The van der Waals surface area contributed by atoms with Gasteiger partial charge in [-0.25, -0.2) is 4.39 Å². The molecule has 1 atom stereocenters. The largest absolute Gasteiger partial charge is 0.344 e. The van der Waals surface area contributed by atoms with Crippen molar-refractivity contribution < 1.29 is 9.18 Å². The van der Waals surface area contributed by atoms with Gasteiger partial charge in [0.15, 0.2) is 0 Å². The van der Waals surface area contributed by atoms with Gasteiger partial charge in [0.25, 0.3) is 0 Å². The Labute approximate surface area is 169 Å². The van der Waals surface area contributed by atoms with E-state index in [-0.39, 0.29) is 11.7 Å². The lowest BCUT2D eigenvalue weighted by molar-refractivity contribution is -0.131. The third kappa shape index (κ3) is 6.85. The van der Waals surface area contributed by atoms with Gasteiger partial charge in [-0.15, -0.1) is 0 Å². The quantitative estimate of drug-likeness (QED) is 0.715. The Hall–Kier alpha value is -1.46. The number of likely N-dealkylation sites (tertiary alicyclic amines) is 2. The molecule has 1 unspecified atom stereocenters. The maximum Gasteiger partial charge on any atom is 0.236 e. The number of carbonyl (C=O) groups excluding carboxylic acids is 1. The van der Waals surface area contributed by atoms with E-state index in [9.17, 15) is 9.18 Å². The summed E-state index contributed by atoms with van der Waals surface area (Å²) in [6.45, 7) is 6.77. The van der Waals surface area contributed by atoms with Crippen molar-refractivity contribution in [2.45, 2.75) is 44.9 Å². The SMILES string of the molecule is CN(CC1CCCN(CCc2ccc(F)cc2)C1)C(=O)CN1CCCCCC1. The zero-order chi connectivity index (χ0) is 19.8. The minimum atomic E-state index is -0.172. The normalized spacial score (nSPS) is 22.0. The Morgan fingerprint density at radius 1 is 1.04 bits per heavy atom. The Morgan fingerprint density at radius 2 is 1.71 bits per heavy atom. The van der Waals surface area contributed by atoms with Crippen molar-refractivity contribution in [2.75, 3.05) is 52.9 Å². The highest BCUT2D eigenvalue weighted by atomic mass is 19.1. The van der Waals surface area contributed by atoms with E-state index in [4.69, 9.17) is 0 Å². The second-order valence-electron chi connectivity index (χ2n) is 8.65. The third-order valence-electron chi connectivity index (χ3n) is 6.25. The first kappa shape index (κ1) is 21.3. The van der Waals surface area contributed by atoms with Crippen molar-refractivity contribution >= 4 is 5.91 Å². The van der Waals surface area contributed by atoms with E-state index in [1.807, 2.05) is 24.1 Å². The van der Waals surface area contributed by atoms with Crippen LogP contribution in [0.2, 0.25) is 0 Å². The van der Waals surface area contributed by atoms with Gasteiger partial charge in [0.1, 0.15) is 5.82 Å². The number of piperidine rings is 1. The second kappa shape index (κ2) is 10.9. The van der Waals surface area contributed by atoms with Crippen molar-refractivity contribution in [3.05, 3.63) is 35.6 Å². The summed E-state index contributed by atoms with van der Waals surface area (Å²) >= 11 is 0. The minimum Gasteiger partial charge on any atom is -0.344 e. The second-order valence-corrected chi connectivity index (χ2v) is 8.65. The average molecular weight is 390 g/mol. The van der Waals surface area contributed by atoms with E-state index >= 15 is 0 Å². The number of likely N-dealkylation sites (N-methyl/N-ethyl adjacent to an activating group) is 1. The number of nitrogens with zero attached hydrogens (tertiary/aromatic N) is 3. The van der Waals surface area contributed by atoms with E-state index in [1.54, 1.807) is 12.1 Å². The van der Waals surface area contributed by atoms with E-state index in [0.717, 1.165) is 45.7 Å². The van der Waals surface area contributed by atoms with Crippen LogP contribution in [0.4, 0.5) is 4.39 Å². The fraction of sp³-hybridized carbons (Fsp3) is 0.696. The van der Waals surface area contributed by atoms with Gasteiger partial charge in [0.05, 0.1) is 6.54 Å². The zero-order valence-electron chi connectivity index (χ0n) is 17.4. The molecule has 0 aromatic heterocycles. The van der Waals surface area contributed by atoms with Crippen LogP contribution >= 0.6 is 0 Å². The highest BCUT2D eigenvalue weighted by molar-refractivity contribution is 5.78. The monoisotopic (exact) mass is 389 g/mol. The van der Waals surface area contributed by atoms with Crippen LogP contribution in [-0.4, -0.2) is 73.5 Å². The number of benzene rings is 1. The fourth-order valence-corrected chi connectivity index (χ4v) is 4.54. The third-order valence-corrected chi connectivity index (χ3v) is 6.25. The molecule has 2 fully saturated rings. The predicted molar refractivity (Wildman–Crippen MR) is 112 cm³/mol. The van der Waals surface area contributed by atoms with Gasteiger partial charge < -0.3 is 9.80 Å². The molecule has 28 heavy (non-hydrogen) atoms. The molecular formula is C23H36FN3O. The minimum absolute atomic E-state index is 0.172. The maximum atomic E-state index is 13.0. The fourth-order valence-electron chi connectivity index (χ4n) is 4.54. The summed E-state index contributed by atoms with van der Waals surface area (Å²) in [5.74, 6) is 0.653. The summed E-state index contributed by atoms with van der Waals surface area (Å²) in [6, 6.07) is 6.84. The number of hydrogen-bond donors (Lipinski definition) is 0. The highest BCUT2D eigenvalue weighted by Gasteiger charge is 2.23. The van der Waals surface area contributed by atoms with E-state index < -0.39 is 0 Å². The molecule has 0 aliphatic carbocycles. The summed E-state index contributed by atoms with van der Waals surface area (Å²) in [6.07, 6.45) is 8.41. The average Bonchev–Trinajstić information content (AvgIpc) is 2.96. The number of amides is 1. The Balaban J connectivity index is 1.40. The molecule has 2 aliphatic heterocycles. The molecular weight excluding hydrogens is 353 g/mol. The molecule has 0 spiro atoms. The van der Waals surface area contributed by atoms with Crippen molar-refractivity contribution in [1.29, 1.82) is 0 Å². The first-order chi connectivity index (χ1) is 13.6. The Bertz CT molecular complexity index is 598. The number of carbonyl (C=O) groups is 1. The van der Waals surface area contributed by atoms with Gasteiger partial charge in [-0.1, -0.05) is 25.0 Å². The van der Waals surface area contributed by atoms with Crippen molar-refractivity contribution in [2.24, 2.45) is 5.92 Å². The molecule has 0 saturated carbocycles. The molecule has 1 aromatic rings. The molecule has 4 nitrogen and oxygen atoms in total. The van der Waals surface area contributed by atoms with Gasteiger partial charge in [-0.3, -0.25) is 9.69 Å². The summed E-state index contributed by atoms with van der Waals surface area (Å²) in [4.78, 5) is 19.5. The highest BCUT2D eigenvalue weighted by Crippen LogP contribution is 2.18. The Morgan fingerprint density at radius 3 is 2.43 bits per heavy atom. The lowest BCUT2D eigenvalue weighted by Crippen LogP contribution is -2.44. The molecule has 1 aromatic carbocycles. The molecule has 0 radical (unpaired) electrons. The van der Waals surface area contributed by atoms with Crippen molar-refractivity contribution in [3.8, 4) is 0 Å². The molecule has 5 heteroatoms. The predicted octanol–water partition coefficient (Wildman–Crippen LogP) is 3.41. The zero-order valence-corrected chi connectivity index (χ0v) is 17.4. The maximum absolute atomic E-state index is 13.0. The number of rotatable bonds is 7. The van der Waals surface area contributed by atoms with Gasteiger partial charge in [0.2, 0.25) is 5.91 Å². The van der Waals surface area contributed by atoms with Crippen LogP contribution in [0.25, 0.3) is 0 Å². The van der Waals surface area contributed by atoms with Gasteiger partial charge >= 0.3 is 0 Å². The van der Waals surface area contributed by atoms with Crippen LogP contribution in [0.5, 0.6) is 0 Å². The molecule has 2 aliphatic rings. The standard InChI is InChI=1S/C23H36FN3O/c1-25(23(28)19-26-13-4-2-3-5-14-26)17-21-7-6-15-27(18-21)16-12-20-8-10-22(24)11-9-20/h8-11,21H,2-7,12-19H2,1H3. The molecule has 3 rings (SSSR count). The van der Waals surface area contributed by atoms with Gasteiger partial charge in [0, 0.05) is 26.7 Å². The van der Waals surface area contributed by atoms with Crippen LogP contribution < -0.4 is 0 Å². The Kier molecular flexibility index (Phi) is 8.28. The number of halogens is 1. The summed E-state index contributed by atoms with van der Waals surface area (Å²) < 4.78 is 13.0. The first-order valence-corrected chi connectivity index (χ1v) is 11.0. The van der Waals surface area contributed by atoms with Crippen LogP contribution in [0.3, 0.4) is 0 Å². The molecule has 0 N–H and O–H groups in total. The van der Waals surface area contributed by atoms with Gasteiger partial charge in [-0.05, 0) is 75.4 Å². The summed E-state index contributed by atoms with van der Waals surface area (Å²) in [7, 11) is 1.97. The van der Waals surface area contributed by atoms with Crippen molar-refractivity contribution in [1.82, 2.24) is 14.7 Å². The number of hydrogen-bond acceptors (Lipinski definition) is 3. The van der Waals surface area contributed by atoms with Crippen molar-refractivity contribution in [3.63, 3.8) is 0 Å². The van der Waals surface area contributed by atoms with Crippen LogP contribution in [0.15, 0.2) is 24.3 Å². The molecule has 0 bridgehead atoms. The molecule has 156 valence electrons. The lowest BCUT2D eigenvalue weighted by atomic mass is 9.97. The van der Waals surface area contributed by atoms with Crippen LogP contribution in [0.1, 0.15) is 44.1 Å². The van der Waals surface area contributed by atoms with Crippen LogP contribution in [-0.2, 0) is 11.2 Å².